The van der Waals surface area contributed by atoms with E-state index in [2.05, 4.69) is 20.9 Å². The van der Waals surface area contributed by atoms with Crippen LogP contribution in [0, 0.1) is 0 Å². The van der Waals surface area contributed by atoms with Crippen LogP contribution in [0.1, 0.15) is 25.3 Å². The molecule has 0 saturated heterocycles. The first-order valence-corrected chi connectivity index (χ1v) is 10.8. The summed E-state index contributed by atoms with van der Waals surface area (Å²) in [7, 11) is 0. The average Bonchev–Trinajstić information content (AvgIpc) is 2.80. The molecule has 1 aromatic rings. The van der Waals surface area contributed by atoms with Gasteiger partial charge in [0, 0.05) is 13.0 Å². The number of aliphatic imine (C=N–C) groups is 1. The Balaban J connectivity index is 2.82. The highest BCUT2D eigenvalue weighted by atomic mass is 16.4. The number of phenols is 1. The quantitative estimate of drug-likeness (QED) is 0.0712. The van der Waals surface area contributed by atoms with Crippen LogP contribution in [0.15, 0.2) is 29.3 Å². The van der Waals surface area contributed by atoms with Gasteiger partial charge in [-0.2, -0.15) is 0 Å². The molecule has 1 rings (SSSR count). The van der Waals surface area contributed by atoms with Crippen LogP contribution in [-0.2, 0) is 25.6 Å². The third-order valence-corrected chi connectivity index (χ3v) is 4.86. The summed E-state index contributed by atoms with van der Waals surface area (Å²) in [6.07, 6.45) is 0.651. The molecule has 0 aliphatic heterocycles. The van der Waals surface area contributed by atoms with Crippen molar-refractivity contribution in [3.63, 3.8) is 0 Å². The van der Waals surface area contributed by atoms with E-state index >= 15 is 0 Å². The molecular weight excluding hydrogens is 462 g/mol. The number of carboxylic acid groups (broad SMARTS) is 1. The summed E-state index contributed by atoms with van der Waals surface area (Å²) in [5, 5.41) is 34.8. The zero-order valence-corrected chi connectivity index (χ0v) is 19.3. The van der Waals surface area contributed by atoms with Crippen LogP contribution in [-0.4, -0.2) is 82.3 Å². The van der Waals surface area contributed by atoms with Gasteiger partial charge in [0.1, 0.15) is 23.9 Å². The Morgan fingerprint density at radius 1 is 0.971 bits per heavy atom. The first kappa shape index (κ1) is 29.1. The van der Waals surface area contributed by atoms with Gasteiger partial charge in [0.05, 0.1) is 12.6 Å². The van der Waals surface area contributed by atoms with Gasteiger partial charge < -0.3 is 48.5 Å². The number of benzene rings is 1. The second-order valence-corrected chi connectivity index (χ2v) is 7.80. The molecule has 0 aliphatic carbocycles. The van der Waals surface area contributed by atoms with Crippen LogP contribution in [0.2, 0.25) is 0 Å². The second kappa shape index (κ2) is 14.4. The van der Waals surface area contributed by atoms with Crippen molar-refractivity contribution in [3.05, 3.63) is 29.8 Å². The van der Waals surface area contributed by atoms with Crippen molar-refractivity contribution in [2.24, 2.45) is 22.2 Å². The van der Waals surface area contributed by atoms with Crippen LogP contribution in [0.3, 0.4) is 0 Å². The van der Waals surface area contributed by atoms with Crippen LogP contribution in [0.25, 0.3) is 0 Å². The Hall–Kier alpha value is -3.91. The predicted octanol–water partition coefficient (Wildman–Crippen LogP) is -3.13. The maximum atomic E-state index is 12.7. The van der Waals surface area contributed by atoms with E-state index in [1.807, 2.05) is 0 Å². The van der Waals surface area contributed by atoms with Gasteiger partial charge in [-0.15, -0.1) is 0 Å². The number of hydrogen-bond acceptors (Lipinski definition) is 8. The number of nitrogens with zero attached hydrogens (tertiary/aromatic N) is 1. The van der Waals surface area contributed by atoms with E-state index in [4.69, 9.17) is 22.3 Å². The molecule has 14 heteroatoms. The number of nitrogens with two attached hydrogens (primary N) is 3. The zero-order valence-electron chi connectivity index (χ0n) is 19.3. The molecule has 0 radical (unpaired) electrons. The highest BCUT2D eigenvalue weighted by Crippen LogP contribution is 2.12. The van der Waals surface area contributed by atoms with Crippen molar-refractivity contribution in [2.75, 3.05) is 13.2 Å². The molecule has 0 saturated carbocycles. The molecule has 0 heterocycles. The van der Waals surface area contributed by atoms with E-state index in [0.29, 0.717) is 18.5 Å². The van der Waals surface area contributed by atoms with Gasteiger partial charge in [-0.3, -0.25) is 19.4 Å². The van der Waals surface area contributed by atoms with Crippen molar-refractivity contribution >= 4 is 29.7 Å². The number of nitrogens with one attached hydrogen (secondary N) is 3. The number of carbonyl (C=O) groups is 4. The number of aliphatic hydroxyl groups is 1. The molecule has 12 N–H and O–H groups in total. The molecule has 4 atom stereocenters. The summed E-state index contributed by atoms with van der Waals surface area (Å²) >= 11 is 0. The fourth-order valence-corrected chi connectivity index (χ4v) is 2.87. The van der Waals surface area contributed by atoms with Gasteiger partial charge in [0.25, 0.3) is 0 Å². The molecule has 0 fully saturated rings. The molecule has 0 spiro atoms. The summed E-state index contributed by atoms with van der Waals surface area (Å²) in [4.78, 5) is 52.6. The zero-order chi connectivity index (χ0) is 26.5. The number of aliphatic carboxylic acids is 1. The van der Waals surface area contributed by atoms with Crippen LogP contribution >= 0.6 is 0 Å². The Bertz CT molecular complexity index is 904. The third kappa shape index (κ3) is 10.7. The number of carboxylic acids is 1. The lowest BCUT2D eigenvalue weighted by Gasteiger charge is -2.23. The molecule has 0 aromatic heterocycles. The SMILES string of the molecule is CC(NC(=O)C(N)CCCN=C(N)N)C(=O)NC(Cc1ccc(O)cc1)C(=O)NC(CO)C(=O)O. The lowest BCUT2D eigenvalue weighted by Crippen LogP contribution is -2.57. The Labute approximate surface area is 201 Å². The molecule has 1 aromatic carbocycles. The number of amides is 3. The third-order valence-electron chi connectivity index (χ3n) is 4.86. The normalized spacial score (nSPS) is 14.0. The molecule has 0 bridgehead atoms. The van der Waals surface area contributed by atoms with Crippen molar-refractivity contribution in [3.8, 4) is 5.75 Å². The lowest BCUT2D eigenvalue weighted by atomic mass is 10.0. The van der Waals surface area contributed by atoms with E-state index in [-0.39, 0.29) is 24.6 Å². The molecule has 35 heavy (non-hydrogen) atoms. The number of rotatable bonds is 14. The maximum absolute atomic E-state index is 12.7. The van der Waals surface area contributed by atoms with Crippen LogP contribution < -0.4 is 33.2 Å². The molecule has 4 unspecified atom stereocenters. The van der Waals surface area contributed by atoms with Crippen molar-refractivity contribution in [2.45, 2.75) is 50.4 Å². The summed E-state index contributed by atoms with van der Waals surface area (Å²) in [6, 6.07) is 1.01. The standard InChI is InChI=1S/C21H33N7O7/c1-11(26-18(32)14(22)3-2-8-25-21(23)24)17(31)27-15(9-12-4-6-13(30)7-5-12)19(33)28-16(10-29)20(34)35/h4-7,11,14-16,29-30H,2-3,8-10,22H2,1H3,(H,26,32)(H,27,31)(H,28,33)(H,34,35)(H4,23,24,25). The van der Waals surface area contributed by atoms with E-state index < -0.39 is 54.5 Å². The average molecular weight is 496 g/mol. The summed E-state index contributed by atoms with van der Waals surface area (Å²) in [5.41, 5.74) is 16.8. The fraction of sp³-hybridized carbons (Fsp3) is 0.476. The predicted molar refractivity (Wildman–Crippen MR) is 126 cm³/mol. The van der Waals surface area contributed by atoms with Crippen molar-refractivity contribution < 1.29 is 34.5 Å². The van der Waals surface area contributed by atoms with Gasteiger partial charge in [0.2, 0.25) is 17.7 Å². The monoisotopic (exact) mass is 495 g/mol. The van der Waals surface area contributed by atoms with Crippen molar-refractivity contribution in [1.82, 2.24) is 16.0 Å². The fourth-order valence-electron chi connectivity index (χ4n) is 2.87. The number of aromatic hydroxyl groups is 1. The van der Waals surface area contributed by atoms with E-state index in [9.17, 15) is 29.4 Å². The second-order valence-electron chi connectivity index (χ2n) is 7.80. The van der Waals surface area contributed by atoms with Crippen molar-refractivity contribution in [1.29, 1.82) is 0 Å². The topological polar surface area (TPSA) is 255 Å². The van der Waals surface area contributed by atoms with E-state index in [0.717, 1.165) is 0 Å². The summed E-state index contributed by atoms with van der Waals surface area (Å²) in [5.74, 6) is -3.71. The smallest absolute Gasteiger partial charge is 0.328 e. The van der Waals surface area contributed by atoms with Gasteiger partial charge in [-0.1, -0.05) is 12.1 Å². The summed E-state index contributed by atoms with van der Waals surface area (Å²) in [6.45, 7) is 0.829. The maximum Gasteiger partial charge on any atom is 0.328 e. The minimum atomic E-state index is -1.57. The minimum Gasteiger partial charge on any atom is -0.508 e. The van der Waals surface area contributed by atoms with Gasteiger partial charge in [-0.05, 0) is 37.5 Å². The lowest BCUT2D eigenvalue weighted by molar-refractivity contribution is -0.143. The van der Waals surface area contributed by atoms with Crippen LogP contribution in [0.4, 0.5) is 0 Å². The Morgan fingerprint density at radius 3 is 2.11 bits per heavy atom. The molecule has 0 aliphatic rings. The van der Waals surface area contributed by atoms with Gasteiger partial charge >= 0.3 is 5.97 Å². The Kier molecular flexibility index (Phi) is 12.0. The first-order valence-electron chi connectivity index (χ1n) is 10.8. The number of aliphatic hydroxyl groups excluding tert-OH is 1. The Morgan fingerprint density at radius 2 is 1.57 bits per heavy atom. The molecule has 14 nitrogen and oxygen atoms in total. The van der Waals surface area contributed by atoms with E-state index in [1.54, 1.807) is 0 Å². The number of guanidine groups is 1. The van der Waals surface area contributed by atoms with Gasteiger partial charge in [-0.25, -0.2) is 4.79 Å². The first-order chi connectivity index (χ1) is 16.4. The number of phenolic OH excluding ortho intramolecular Hbond substituents is 1. The summed E-state index contributed by atoms with van der Waals surface area (Å²) < 4.78 is 0. The molecule has 3 amide bonds. The highest BCUT2D eigenvalue weighted by Gasteiger charge is 2.28. The number of carbonyl (C=O) groups excluding carboxylic acids is 3. The van der Waals surface area contributed by atoms with Crippen LogP contribution in [0.5, 0.6) is 5.75 Å². The largest absolute Gasteiger partial charge is 0.508 e. The minimum absolute atomic E-state index is 0.00372. The molecular formula is C21H33N7O7. The molecule has 194 valence electrons. The van der Waals surface area contributed by atoms with E-state index in [1.165, 1.54) is 31.2 Å². The van der Waals surface area contributed by atoms with Gasteiger partial charge in [0.15, 0.2) is 5.96 Å². The highest BCUT2D eigenvalue weighted by molar-refractivity contribution is 5.94. The number of hydrogen-bond donors (Lipinski definition) is 9.